The van der Waals surface area contributed by atoms with E-state index in [-0.39, 0.29) is 23.8 Å². The van der Waals surface area contributed by atoms with Crippen LogP contribution in [0.3, 0.4) is 0 Å². The van der Waals surface area contributed by atoms with E-state index in [0.717, 1.165) is 41.7 Å². The van der Waals surface area contributed by atoms with Crippen molar-refractivity contribution in [2.75, 3.05) is 7.05 Å². The van der Waals surface area contributed by atoms with Crippen molar-refractivity contribution in [3.63, 3.8) is 0 Å². The van der Waals surface area contributed by atoms with Crippen molar-refractivity contribution in [3.05, 3.63) is 65.9 Å². The molecule has 0 radical (unpaired) electrons. The number of hydrogen-bond donors (Lipinski definition) is 1. The van der Waals surface area contributed by atoms with Gasteiger partial charge in [-0.2, -0.15) is 0 Å². The number of carbonyl (C=O) groups excluding carboxylic acids is 1. The van der Waals surface area contributed by atoms with Gasteiger partial charge in [0, 0.05) is 36.1 Å². The molecule has 1 aliphatic rings. The van der Waals surface area contributed by atoms with Crippen molar-refractivity contribution in [2.45, 2.75) is 51.0 Å². The lowest BCUT2D eigenvalue weighted by atomic mass is 10.1. The SMILES string of the molecule is CC(C)c1nnc([C@H]2CC[C@@H](N(C)C(=O)c3ccc(-c4nc5ccccc5[nH]4)cc3)C2)o1. The van der Waals surface area contributed by atoms with E-state index in [9.17, 15) is 4.79 Å². The molecular formula is C25H27N5O2. The Morgan fingerprint density at radius 2 is 1.88 bits per heavy atom. The number of H-pyrrole nitrogens is 1. The lowest BCUT2D eigenvalue weighted by Gasteiger charge is -2.24. The summed E-state index contributed by atoms with van der Waals surface area (Å²) in [6.45, 7) is 4.08. The van der Waals surface area contributed by atoms with E-state index in [4.69, 9.17) is 4.42 Å². The Balaban J connectivity index is 1.26. The summed E-state index contributed by atoms with van der Waals surface area (Å²) in [7, 11) is 1.88. The topological polar surface area (TPSA) is 87.9 Å². The lowest BCUT2D eigenvalue weighted by Crippen LogP contribution is -2.35. The van der Waals surface area contributed by atoms with Gasteiger partial charge in [0.2, 0.25) is 11.8 Å². The quantitative estimate of drug-likeness (QED) is 0.474. The molecule has 5 rings (SSSR count). The van der Waals surface area contributed by atoms with E-state index in [1.54, 1.807) is 0 Å². The molecule has 1 saturated carbocycles. The predicted octanol–water partition coefficient (Wildman–Crippen LogP) is 5.14. The van der Waals surface area contributed by atoms with E-state index >= 15 is 0 Å². The first-order valence-electron chi connectivity index (χ1n) is 11.1. The van der Waals surface area contributed by atoms with Crippen molar-refractivity contribution in [3.8, 4) is 11.4 Å². The number of rotatable bonds is 5. The standard InChI is InChI=1S/C25H27N5O2/c1-15(2)23-28-29-24(32-23)18-12-13-19(14-18)30(3)25(31)17-10-8-16(9-11-17)22-26-20-6-4-5-7-21(20)27-22/h4-11,15,18-19H,12-14H2,1-3H3,(H,26,27)/t18-,19+/m0/s1. The van der Waals surface area contributed by atoms with Gasteiger partial charge in [0.25, 0.3) is 5.91 Å². The average Bonchev–Trinajstić information content (AvgIpc) is 3.56. The van der Waals surface area contributed by atoms with Crippen LogP contribution in [0, 0.1) is 0 Å². The average molecular weight is 430 g/mol. The number of hydrogen-bond acceptors (Lipinski definition) is 5. The number of para-hydroxylation sites is 2. The molecule has 164 valence electrons. The highest BCUT2D eigenvalue weighted by molar-refractivity contribution is 5.94. The molecule has 4 aromatic rings. The molecule has 0 saturated heterocycles. The Labute approximate surface area is 186 Å². The summed E-state index contributed by atoms with van der Waals surface area (Å²) in [6, 6.07) is 15.8. The summed E-state index contributed by atoms with van der Waals surface area (Å²) in [6.07, 6.45) is 2.73. The number of imidazole rings is 1. The lowest BCUT2D eigenvalue weighted by molar-refractivity contribution is 0.0733. The summed E-state index contributed by atoms with van der Waals surface area (Å²) in [4.78, 5) is 22.9. The number of aromatic nitrogens is 4. The van der Waals surface area contributed by atoms with Gasteiger partial charge in [-0.05, 0) is 43.5 Å². The number of fused-ring (bicyclic) bond motifs is 1. The second kappa shape index (κ2) is 8.22. The maximum atomic E-state index is 13.1. The van der Waals surface area contributed by atoms with Gasteiger partial charge in [0.05, 0.1) is 11.0 Å². The summed E-state index contributed by atoms with van der Waals surface area (Å²) in [5.74, 6) is 2.65. The molecule has 7 heteroatoms. The van der Waals surface area contributed by atoms with E-state index in [1.807, 2.05) is 74.3 Å². The normalized spacial score (nSPS) is 18.5. The number of aromatic amines is 1. The maximum Gasteiger partial charge on any atom is 0.253 e. The molecule has 32 heavy (non-hydrogen) atoms. The van der Waals surface area contributed by atoms with E-state index in [2.05, 4.69) is 20.2 Å². The van der Waals surface area contributed by atoms with Crippen LogP contribution in [-0.4, -0.2) is 44.1 Å². The Morgan fingerprint density at radius 3 is 2.59 bits per heavy atom. The molecule has 0 aliphatic heterocycles. The Morgan fingerprint density at radius 1 is 1.09 bits per heavy atom. The number of amides is 1. The minimum atomic E-state index is 0.0280. The molecule has 1 N–H and O–H groups in total. The van der Waals surface area contributed by atoms with Crippen LogP contribution in [0.4, 0.5) is 0 Å². The van der Waals surface area contributed by atoms with Crippen molar-refractivity contribution >= 4 is 16.9 Å². The Bertz CT molecular complexity index is 1210. The zero-order chi connectivity index (χ0) is 22.2. The Hall–Kier alpha value is -3.48. The summed E-state index contributed by atoms with van der Waals surface area (Å²) >= 11 is 0. The van der Waals surface area contributed by atoms with Crippen LogP contribution in [0.25, 0.3) is 22.4 Å². The number of benzene rings is 2. The molecule has 2 heterocycles. The first kappa shape index (κ1) is 20.4. The first-order valence-corrected chi connectivity index (χ1v) is 11.1. The van der Waals surface area contributed by atoms with Crippen LogP contribution < -0.4 is 0 Å². The molecule has 0 unspecified atom stereocenters. The second-order valence-electron chi connectivity index (χ2n) is 8.89. The second-order valence-corrected chi connectivity index (χ2v) is 8.89. The third-order valence-electron chi connectivity index (χ3n) is 6.37. The third kappa shape index (κ3) is 3.79. The fourth-order valence-electron chi connectivity index (χ4n) is 4.41. The van der Waals surface area contributed by atoms with Gasteiger partial charge in [-0.1, -0.05) is 38.1 Å². The summed E-state index contributed by atoms with van der Waals surface area (Å²) in [5.41, 5.74) is 3.56. The molecule has 1 amide bonds. The fraction of sp³-hybridized carbons (Fsp3) is 0.360. The van der Waals surface area contributed by atoms with Crippen molar-refractivity contribution in [1.82, 2.24) is 25.1 Å². The minimum absolute atomic E-state index is 0.0280. The van der Waals surface area contributed by atoms with E-state index in [0.29, 0.717) is 17.3 Å². The first-order chi connectivity index (χ1) is 15.5. The highest BCUT2D eigenvalue weighted by atomic mass is 16.4. The summed E-state index contributed by atoms with van der Waals surface area (Å²) < 4.78 is 5.84. The fourth-order valence-corrected chi connectivity index (χ4v) is 4.41. The van der Waals surface area contributed by atoms with Crippen LogP contribution in [0.1, 0.15) is 67.1 Å². The van der Waals surface area contributed by atoms with E-state index in [1.165, 1.54) is 0 Å². The molecule has 0 bridgehead atoms. The van der Waals surface area contributed by atoms with Crippen molar-refractivity contribution in [2.24, 2.45) is 0 Å². The predicted molar refractivity (Wildman–Crippen MR) is 122 cm³/mol. The van der Waals surface area contributed by atoms with Crippen molar-refractivity contribution in [1.29, 1.82) is 0 Å². The minimum Gasteiger partial charge on any atom is -0.425 e. The van der Waals surface area contributed by atoms with Gasteiger partial charge in [0.1, 0.15) is 5.82 Å². The smallest absolute Gasteiger partial charge is 0.253 e. The molecule has 2 aromatic carbocycles. The molecule has 7 nitrogen and oxygen atoms in total. The molecule has 1 fully saturated rings. The van der Waals surface area contributed by atoms with Crippen LogP contribution in [0.2, 0.25) is 0 Å². The van der Waals surface area contributed by atoms with Gasteiger partial charge in [-0.15, -0.1) is 10.2 Å². The van der Waals surface area contributed by atoms with Gasteiger partial charge >= 0.3 is 0 Å². The number of carbonyl (C=O) groups is 1. The highest BCUT2D eigenvalue weighted by Crippen LogP contribution is 2.37. The van der Waals surface area contributed by atoms with E-state index < -0.39 is 0 Å². The summed E-state index contributed by atoms with van der Waals surface area (Å²) in [5, 5.41) is 8.40. The highest BCUT2D eigenvalue weighted by Gasteiger charge is 2.34. The zero-order valence-corrected chi connectivity index (χ0v) is 18.6. The molecule has 2 aromatic heterocycles. The monoisotopic (exact) mass is 429 g/mol. The van der Waals surface area contributed by atoms with Crippen LogP contribution >= 0.6 is 0 Å². The van der Waals surface area contributed by atoms with Gasteiger partial charge < -0.3 is 14.3 Å². The largest absolute Gasteiger partial charge is 0.425 e. The molecule has 1 aliphatic carbocycles. The number of nitrogens with zero attached hydrogens (tertiary/aromatic N) is 4. The van der Waals surface area contributed by atoms with Gasteiger partial charge in [0.15, 0.2) is 0 Å². The maximum absolute atomic E-state index is 13.1. The molecule has 2 atom stereocenters. The van der Waals surface area contributed by atoms with Crippen LogP contribution in [0.5, 0.6) is 0 Å². The molecule has 0 spiro atoms. The zero-order valence-electron chi connectivity index (χ0n) is 18.6. The van der Waals surface area contributed by atoms with Gasteiger partial charge in [-0.25, -0.2) is 4.98 Å². The third-order valence-corrected chi connectivity index (χ3v) is 6.37. The number of nitrogens with one attached hydrogen (secondary N) is 1. The molecular weight excluding hydrogens is 402 g/mol. The Kier molecular flexibility index (Phi) is 5.25. The van der Waals surface area contributed by atoms with Crippen LogP contribution in [0.15, 0.2) is 52.9 Å². The van der Waals surface area contributed by atoms with Crippen molar-refractivity contribution < 1.29 is 9.21 Å². The van der Waals surface area contributed by atoms with Crippen LogP contribution in [-0.2, 0) is 0 Å². The van der Waals surface area contributed by atoms with Gasteiger partial charge in [-0.3, -0.25) is 4.79 Å².